The minimum absolute atomic E-state index is 0.986. The lowest BCUT2D eigenvalue weighted by atomic mass is 9.97. The van der Waals surface area contributed by atoms with Gasteiger partial charge in [-0.05, 0) is 31.2 Å². The molecule has 15 heavy (non-hydrogen) atoms. The van der Waals surface area contributed by atoms with Gasteiger partial charge in [-0.15, -0.1) is 11.3 Å². The number of thiophene rings is 1. The molecule has 0 unspecified atom stereocenters. The molecule has 0 fully saturated rings. The SMILES string of the molecule is CNc1ncnc2sc3c(c12)CCCC3. The normalized spacial score (nSPS) is 15.3. The maximum absolute atomic E-state index is 4.36. The van der Waals surface area contributed by atoms with Crippen LogP contribution >= 0.6 is 11.3 Å². The molecule has 2 heterocycles. The summed E-state index contributed by atoms with van der Waals surface area (Å²) < 4.78 is 0. The molecule has 3 nitrogen and oxygen atoms in total. The van der Waals surface area contributed by atoms with E-state index in [0.29, 0.717) is 0 Å². The Balaban J connectivity index is 2.33. The third kappa shape index (κ3) is 1.32. The number of nitrogens with zero attached hydrogens (tertiary/aromatic N) is 2. The van der Waals surface area contributed by atoms with Gasteiger partial charge >= 0.3 is 0 Å². The van der Waals surface area contributed by atoms with Crippen molar-refractivity contribution in [1.29, 1.82) is 0 Å². The van der Waals surface area contributed by atoms with Gasteiger partial charge in [0.25, 0.3) is 0 Å². The molecule has 78 valence electrons. The quantitative estimate of drug-likeness (QED) is 0.801. The van der Waals surface area contributed by atoms with E-state index >= 15 is 0 Å². The molecule has 1 N–H and O–H groups in total. The van der Waals surface area contributed by atoms with Crippen LogP contribution in [0, 0.1) is 0 Å². The summed E-state index contributed by atoms with van der Waals surface area (Å²) in [6, 6.07) is 0. The second-order valence-electron chi connectivity index (χ2n) is 3.86. The largest absolute Gasteiger partial charge is 0.372 e. The Morgan fingerprint density at radius 3 is 3.00 bits per heavy atom. The van der Waals surface area contributed by atoms with Gasteiger partial charge in [0.05, 0.1) is 5.39 Å². The van der Waals surface area contributed by atoms with E-state index in [2.05, 4.69) is 15.3 Å². The van der Waals surface area contributed by atoms with Crippen LogP contribution in [0.3, 0.4) is 0 Å². The van der Waals surface area contributed by atoms with Crippen LogP contribution in [0.1, 0.15) is 23.3 Å². The summed E-state index contributed by atoms with van der Waals surface area (Å²) in [5.41, 5.74) is 1.49. The molecule has 0 aliphatic heterocycles. The van der Waals surface area contributed by atoms with Crippen molar-refractivity contribution in [2.45, 2.75) is 25.7 Å². The zero-order valence-corrected chi connectivity index (χ0v) is 9.52. The average molecular weight is 219 g/mol. The maximum Gasteiger partial charge on any atom is 0.138 e. The molecule has 2 aromatic heterocycles. The molecule has 0 radical (unpaired) electrons. The van der Waals surface area contributed by atoms with Gasteiger partial charge in [-0.1, -0.05) is 0 Å². The highest BCUT2D eigenvalue weighted by Gasteiger charge is 2.18. The lowest BCUT2D eigenvalue weighted by Gasteiger charge is -2.11. The Kier molecular flexibility index (Phi) is 2.09. The Labute approximate surface area is 92.6 Å². The van der Waals surface area contributed by atoms with Crippen LogP contribution in [0.5, 0.6) is 0 Å². The highest BCUT2D eigenvalue weighted by Crippen LogP contribution is 2.37. The molecule has 0 bridgehead atoms. The summed E-state index contributed by atoms with van der Waals surface area (Å²) in [5, 5.41) is 4.43. The van der Waals surface area contributed by atoms with Gasteiger partial charge < -0.3 is 5.32 Å². The van der Waals surface area contributed by atoms with Crippen molar-refractivity contribution in [3.8, 4) is 0 Å². The molecule has 3 rings (SSSR count). The minimum Gasteiger partial charge on any atom is -0.372 e. The maximum atomic E-state index is 4.36. The van der Waals surface area contributed by atoms with Crippen LogP contribution in [0.2, 0.25) is 0 Å². The van der Waals surface area contributed by atoms with Crippen molar-refractivity contribution in [3.05, 3.63) is 16.8 Å². The van der Waals surface area contributed by atoms with Gasteiger partial charge in [0.15, 0.2) is 0 Å². The van der Waals surface area contributed by atoms with Crippen LogP contribution in [0.25, 0.3) is 10.2 Å². The molecular formula is C11H13N3S. The van der Waals surface area contributed by atoms with Crippen molar-refractivity contribution in [2.24, 2.45) is 0 Å². The average Bonchev–Trinajstić information content (AvgIpc) is 2.67. The van der Waals surface area contributed by atoms with E-state index in [4.69, 9.17) is 0 Å². The smallest absolute Gasteiger partial charge is 0.138 e. The van der Waals surface area contributed by atoms with Gasteiger partial charge in [0, 0.05) is 11.9 Å². The van der Waals surface area contributed by atoms with E-state index < -0.39 is 0 Å². The number of hydrogen-bond donors (Lipinski definition) is 1. The number of aromatic nitrogens is 2. The zero-order valence-electron chi connectivity index (χ0n) is 8.71. The van der Waals surface area contributed by atoms with Crippen molar-refractivity contribution < 1.29 is 0 Å². The molecule has 4 heteroatoms. The highest BCUT2D eigenvalue weighted by atomic mass is 32.1. The number of nitrogens with one attached hydrogen (secondary N) is 1. The number of anilines is 1. The second kappa shape index (κ2) is 3.45. The lowest BCUT2D eigenvalue weighted by Crippen LogP contribution is -2.00. The number of rotatable bonds is 1. The van der Waals surface area contributed by atoms with Gasteiger partial charge in [0.1, 0.15) is 17.0 Å². The molecule has 1 aliphatic carbocycles. The highest BCUT2D eigenvalue weighted by molar-refractivity contribution is 7.19. The van der Waals surface area contributed by atoms with E-state index in [1.54, 1.807) is 6.33 Å². The van der Waals surface area contributed by atoms with Gasteiger partial charge in [-0.25, -0.2) is 9.97 Å². The van der Waals surface area contributed by atoms with Crippen LogP contribution in [0.4, 0.5) is 5.82 Å². The monoisotopic (exact) mass is 219 g/mol. The third-order valence-corrected chi connectivity index (χ3v) is 4.19. The van der Waals surface area contributed by atoms with Crippen LogP contribution in [-0.4, -0.2) is 17.0 Å². The summed E-state index contributed by atoms with van der Waals surface area (Å²) in [5.74, 6) is 0.986. The van der Waals surface area contributed by atoms with E-state index in [9.17, 15) is 0 Å². The van der Waals surface area contributed by atoms with Crippen molar-refractivity contribution in [3.63, 3.8) is 0 Å². The van der Waals surface area contributed by atoms with Crippen LogP contribution < -0.4 is 5.32 Å². The van der Waals surface area contributed by atoms with Crippen molar-refractivity contribution in [1.82, 2.24) is 9.97 Å². The predicted octanol–water partition coefficient (Wildman–Crippen LogP) is 2.61. The fourth-order valence-electron chi connectivity index (χ4n) is 2.28. The van der Waals surface area contributed by atoms with E-state index in [-0.39, 0.29) is 0 Å². The molecule has 0 spiro atoms. The standard InChI is InChI=1S/C11H13N3S/c1-12-10-9-7-4-2-3-5-8(7)15-11(9)14-6-13-10/h6H,2-5H2,1H3,(H,12,13,14). The Hall–Kier alpha value is -1.16. The van der Waals surface area contributed by atoms with Crippen LogP contribution in [-0.2, 0) is 12.8 Å². The molecule has 1 aliphatic rings. The fourth-order valence-corrected chi connectivity index (χ4v) is 3.51. The third-order valence-electron chi connectivity index (χ3n) is 2.99. The summed E-state index contributed by atoms with van der Waals surface area (Å²) in [7, 11) is 1.93. The molecule has 2 aromatic rings. The second-order valence-corrected chi connectivity index (χ2v) is 4.95. The van der Waals surface area contributed by atoms with E-state index in [1.165, 1.54) is 41.5 Å². The first kappa shape index (κ1) is 9.09. The molecule has 0 saturated carbocycles. The Bertz CT molecular complexity index is 504. The molecule has 0 atom stereocenters. The van der Waals surface area contributed by atoms with E-state index in [1.807, 2.05) is 18.4 Å². The lowest BCUT2D eigenvalue weighted by molar-refractivity contribution is 0.700. The van der Waals surface area contributed by atoms with Gasteiger partial charge in [-0.3, -0.25) is 0 Å². The summed E-state index contributed by atoms with van der Waals surface area (Å²) in [6.45, 7) is 0. The Morgan fingerprint density at radius 1 is 1.27 bits per heavy atom. The summed E-state index contributed by atoms with van der Waals surface area (Å²) in [4.78, 5) is 11.3. The van der Waals surface area contributed by atoms with Crippen molar-refractivity contribution >= 4 is 27.4 Å². The van der Waals surface area contributed by atoms with E-state index in [0.717, 1.165) is 10.6 Å². The first-order valence-corrected chi connectivity index (χ1v) is 6.15. The van der Waals surface area contributed by atoms with Gasteiger partial charge in [0.2, 0.25) is 0 Å². The van der Waals surface area contributed by atoms with Crippen molar-refractivity contribution in [2.75, 3.05) is 12.4 Å². The predicted molar refractivity (Wildman–Crippen MR) is 63.6 cm³/mol. The first-order valence-electron chi connectivity index (χ1n) is 5.33. The zero-order chi connectivity index (χ0) is 10.3. The number of hydrogen-bond acceptors (Lipinski definition) is 4. The fraction of sp³-hybridized carbons (Fsp3) is 0.455. The topological polar surface area (TPSA) is 37.8 Å². The molecular weight excluding hydrogens is 206 g/mol. The Morgan fingerprint density at radius 2 is 2.13 bits per heavy atom. The first-order chi connectivity index (χ1) is 7.40. The number of fused-ring (bicyclic) bond motifs is 3. The van der Waals surface area contributed by atoms with Gasteiger partial charge in [-0.2, -0.15) is 0 Å². The summed E-state index contributed by atoms with van der Waals surface area (Å²) >= 11 is 1.84. The molecule has 0 saturated heterocycles. The summed E-state index contributed by atoms with van der Waals surface area (Å²) in [6.07, 6.45) is 6.69. The number of aryl methyl sites for hydroxylation is 2. The molecule has 0 aromatic carbocycles. The minimum atomic E-state index is 0.986. The van der Waals surface area contributed by atoms with Crippen LogP contribution in [0.15, 0.2) is 6.33 Å². The molecule has 0 amide bonds.